The number of aryl methyl sites for hydroxylation is 6. The van der Waals surface area contributed by atoms with Crippen LogP contribution in [0.5, 0.6) is 0 Å². The molecule has 0 radical (unpaired) electrons. The normalized spacial score (nSPS) is 11.4. The molecule has 0 aromatic heterocycles. The summed E-state index contributed by atoms with van der Waals surface area (Å²) in [6.07, 6.45) is 8.75. The molecule has 0 heterocycles. The highest BCUT2D eigenvalue weighted by Gasteiger charge is 2.17. The molecule has 322 valence electrons. The molecular formula is C64H56N2. The minimum Gasteiger partial charge on any atom is -0.310 e. The summed E-state index contributed by atoms with van der Waals surface area (Å²) in [5.74, 6) is 0. The third kappa shape index (κ3) is 10.0. The Morgan fingerprint density at radius 2 is 0.470 bits per heavy atom. The molecule has 0 amide bonds. The van der Waals surface area contributed by atoms with Crippen molar-refractivity contribution in [2.75, 3.05) is 9.80 Å². The van der Waals surface area contributed by atoms with Crippen LogP contribution < -0.4 is 9.80 Å². The Morgan fingerprint density at radius 1 is 0.242 bits per heavy atom. The van der Waals surface area contributed by atoms with Gasteiger partial charge in [0.25, 0.3) is 0 Å². The van der Waals surface area contributed by atoms with E-state index >= 15 is 0 Å². The molecular weight excluding hydrogens is 797 g/mol. The molecule has 0 aliphatic rings. The van der Waals surface area contributed by atoms with Crippen LogP contribution in [0.25, 0.3) is 46.6 Å². The molecule has 9 rings (SSSR count). The van der Waals surface area contributed by atoms with E-state index in [-0.39, 0.29) is 0 Å². The van der Waals surface area contributed by atoms with Gasteiger partial charge in [-0.15, -0.1) is 0 Å². The van der Waals surface area contributed by atoms with Crippen molar-refractivity contribution in [3.63, 3.8) is 0 Å². The minimum atomic E-state index is 1.12. The van der Waals surface area contributed by atoms with E-state index in [1.165, 1.54) is 67.0 Å². The van der Waals surface area contributed by atoms with Crippen molar-refractivity contribution in [2.24, 2.45) is 0 Å². The summed E-state index contributed by atoms with van der Waals surface area (Å²) in [6, 6.07) is 75.1. The van der Waals surface area contributed by atoms with Crippen LogP contribution >= 0.6 is 0 Å². The topological polar surface area (TPSA) is 6.48 Å². The first-order valence-corrected chi connectivity index (χ1v) is 22.9. The predicted octanol–water partition coefficient (Wildman–Crippen LogP) is 18.2. The lowest BCUT2D eigenvalue weighted by Gasteiger charge is -2.27. The lowest BCUT2D eigenvalue weighted by atomic mass is 10.00. The van der Waals surface area contributed by atoms with Crippen molar-refractivity contribution in [1.29, 1.82) is 0 Å². The zero-order chi connectivity index (χ0) is 45.6. The number of anilines is 6. The largest absolute Gasteiger partial charge is 0.310 e. The molecule has 0 fully saturated rings. The molecule has 66 heavy (non-hydrogen) atoms. The molecule has 0 aliphatic heterocycles. The quantitative estimate of drug-likeness (QED) is 0.113. The number of rotatable bonds is 12. The summed E-state index contributed by atoms with van der Waals surface area (Å²) in [4.78, 5) is 4.71. The van der Waals surface area contributed by atoms with Gasteiger partial charge in [-0.3, -0.25) is 0 Å². The van der Waals surface area contributed by atoms with E-state index in [2.05, 4.69) is 282 Å². The number of nitrogens with zero attached hydrogens (tertiary/aromatic N) is 2. The monoisotopic (exact) mass is 852 g/mol. The van der Waals surface area contributed by atoms with E-state index < -0.39 is 0 Å². The molecule has 0 aliphatic carbocycles. The first-order chi connectivity index (χ1) is 32.1. The van der Waals surface area contributed by atoms with Crippen LogP contribution in [0.4, 0.5) is 34.1 Å². The van der Waals surface area contributed by atoms with Gasteiger partial charge in [0.15, 0.2) is 0 Å². The second-order valence-electron chi connectivity index (χ2n) is 17.6. The van der Waals surface area contributed by atoms with Gasteiger partial charge >= 0.3 is 0 Å². The first kappa shape index (κ1) is 43.3. The van der Waals surface area contributed by atoms with E-state index in [1.807, 2.05) is 0 Å². The van der Waals surface area contributed by atoms with Crippen molar-refractivity contribution in [1.82, 2.24) is 0 Å². The maximum absolute atomic E-state index is 2.36. The molecule has 0 bridgehead atoms. The van der Waals surface area contributed by atoms with Gasteiger partial charge < -0.3 is 9.80 Å². The van der Waals surface area contributed by atoms with Gasteiger partial charge in [-0.1, -0.05) is 180 Å². The Hall–Kier alpha value is -7.94. The molecule has 0 saturated heterocycles. The van der Waals surface area contributed by atoms with E-state index in [4.69, 9.17) is 0 Å². The summed E-state index contributed by atoms with van der Waals surface area (Å²) >= 11 is 0. The fourth-order valence-electron chi connectivity index (χ4n) is 8.48. The highest BCUT2D eigenvalue weighted by molar-refractivity contribution is 5.84. The zero-order valence-electron chi connectivity index (χ0n) is 38.8. The van der Waals surface area contributed by atoms with Gasteiger partial charge in [-0.2, -0.15) is 0 Å². The van der Waals surface area contributed by atoms with Crippen LogP contribution in [-0.4, -0.2) is 0 Å². The summed E-state index contributed by atoms with van der Waals surface area (Å²) in [5, 5.41) is 0. The van der Waals surface area contributed by atoms with Crippen LogP contribution in [0.15, 0.2) is 206 Å². The van der Waals surface area contributed by atoms with Crippen molar-refractivity contribution < 1.29 is 0 Å². The molecule has 9 aromatic rings. The maximum atomic E-state index is 2.36. The van der Waals surface area contributed by atoms with Crippen molar-refractivity contribution in [2.45, 2.75) is 41.5 Å². The summed E-state index contributed by atoms with van der Waals surface area (Å²) in [6.45, 7) is 12.9. The van der Waals surface area contributed by atoms with Crippen LogP contribution in [0.2, 0.25) is 0 Å². The SMILES string of the molecule is Cc1ccc(-c2ccc(N(c3ccc(C)cc3)c3ccc(C=Cc4ccc(C=Cc5ccc(N(c6ccc(C)cc6)c6ccc(-c7ccc(C)cc7)cc6C)cc5)cc4)cc3)c(C)c2)cc1. The third-order valence-electron chi connectivity index (χ3n) is 12.4. The first-order valence-electron chi connectivity index (χ1n) is 22.9. The summed E-state index contributed by atoms with van der Waals surface area (Å²) in [5.41, 5.74) is 23.8. The lowest BCUT2D eigenvalue weighted by Crippen LogP contribution is -2.11. The second-order valence-corrected chi connectivity index (χ2v) is 17.6. The molecule has 0 spiro atoms. The average molecular weight is 853 g/mol. The fraction of sp³-hybridized carbons (Fsp3) is 0.0938. The minimum absolute atomic E-state index is 1.12. The summed E-state index contributed by atoms with van der Waals surface area (Å²) < 4.78 is 0. The fourth-order valence-corrected chi connectivity index (χ4v) is 8.48. The molecule has 0 saturated carbocycles. The highest BCUT2D eigenvalue weighted by Crippen LogP contribution is 2.40. The van der Waals surface area contributed by atoms with Gasteiger partial charge in [-0.25, -0.2) is 0 Å². The predicted molar refractivity (Wildman–Crippen MR) is 286 cm³/mol. The molecule has 0 N–H and O–H groups in total. The zero-order valence-corrected chi connectivity index (χ0v) is 38.8. The van der Waals surface area contributed by atoms with E-state index in [9.17, 15) is 0 Å². The highest BCUT2D eigenvalue weighted by atomic mass is 15.1. The van der Waals surface area contributed by atoms with E-state index in [0.29, 0.717) is 0 Å². The number of hydrogen-bond acceptors (Lipinski definition) is 2. The standard InChI is InChI=1S/C64H56N2/c1-45-7-27-55(28-8-45)57-31-41-63(49(5)43-57)65(59-33-11-47(3)12-34-59)61-37-23-53(24-38-61)21-19-51-15-17-52(18-16-51)20-22-54-25-39-62(40-26-54)66(60-35-13-48(4)14-36-60)64-42-32-58(44-50(64)6)56-29-9-46(2)10-30-56/h7-44H,1-6H3. The Morgan fingerprint density at radius 3 is 0.742 bits per heavy atom. The van der Waals surface area contributed by atoms with Crippen LogP contribution in [0, 0.1) is 41.5 Å². The van der Waals surface area contributed by atoms with Crippen molar-refractivity contribution in [3.8, 4) is 22.3 Å². The Balaban J connectivity index is 0.885. The maximum Gasteiger partial charge on any atom is 0.0491 e. The Labute approximate surface area is 392 Å². The smallest absolute Gasteiger partial charge is 0.0491 e. The van der Waals surface area contributed by atoms with Gasteiger partial charge in [0.05, 0.1) is 0 Å². The molecule has 9 aromatic carbocycles. The van der Waals surface area contributed by atoms with Crippen molar-refractivity contribution >= 4 is 58.4 Å². The Bertz CT molecular complexity index is 2900. The van der Waals surface area contributed by atoms with E-state index in [1.54, 1.807) is 0 Å². The lowest BCUT2D eigenvalue weighted by molar-refractivity contribution is 1.24. The molecule has 2 heteroatoms. The molecule has 0 atom stereocenters. The summed E-state index contributed by atoms with van der Waals surface area (Å²) in [7, 11) is 0. The van der Waals surface area contributed by atoms with Gasteiger partial charge in [0.2, 0.25) is 0 Å². The van der Waals surface area contributed by atoms with Crippen LogP contribution in [-0.2, 0) is 0 Å². The third-order valence-corrected chi connectivity index (χ3v) is 12.4. The molecule has 2 nitrogen and oxygen atoms in total. The van der Waals surface area contributed by atoms with Crippen LogP contribution in [0.3, 0.4) is 0 Å². The van der Waals surface area contributed by atoms with Crippen molar-refractivity contribution in [3.05, 3.63) is 262 Å². The second kappa shape index (κ2) is 19.4. The van der Waals surface area contributed by atoms with Gasteiger partial charge in [-0.05, 0) is 170 Å². The van der Waals surface area contributed by atoms with Crippen LogP contribution in [0.1, 0.15) is 55.6 Å². The Kier molecular flexibility index (Phi) is 12.8. The van der Waals surface area contributed by atoms with Gasteiger partial charge in [0, 0.05) is 34.1 Å². The number of hydrogen-bond donors (Lipinski definition) is 0. The van der Waals surface area contributed by atoms with E-state index in [0.717, 1.165) is 45.0 Å². The molecule has 0 unspecified atom stereocenters. The average Bonchev–Trinajstić information content (AvgIpc) is 3.34. The van der Waals surface area contributed by atoms with Gasteiger partial charge in [0.1, 0.15) is 0 Å². The number of benzene rings is 9.